The second-order valence-electron chi connectivity index (χ2n) is 6.89. The molecular weight excluding hydrogens is 331 g/mol. The minimum Gasteiger partial charge on any atom is -0.381 e. The molecule has 1 spiro atoms. The van der Waals surface area contributed by atoms with Crippen LogP contribution in [-0.2, 0) is 14.8 Å². The van der Waals surface area contributed by atoms with Crippen LogP contribution in [0.4, 0.5) is 4.39 Å². The summed E-state index contributed by atoms with van der Waals surface area (Å²) in [6.07, 6.45) is 2.02. The van der Waals surface area contributed by atoms with Crippen LogP contribution >= 0.6 is 0 Å². The van der Waals surface area contributed by atoms with Gasteiger partial charge in [-0.05, 0) is 57.5 Å². The SMILES string of the molecule is CCOC[C@H]1CCN(C)C2(C1)CN(S(=O)(=O)c1cccc(F)c1)C2. The average Bonchev–Trinajstić information content (AvgIpc) is 2.52. The zero-order valence-electron chi connectivity index (χ0n) is 14.2. The third-order valence-corrected chi connectivity index (χ3v) is 7.07. The smallest absolute Gasteiger partial charge is 0.243 e. The van der Waals surface area contributed by atoms with Crippen molar-refractivity contribution in [2.24, 2.45) is 5.92 Å². The Bertz CT molecular complexity index is 687. The molecule has 0 amide bonds. The highest BCUT2D eigenvalue weighted by Gasteiger charge is 2.53. The van der Waals surface area contributed by atoms with Gasteiger partial charge in [-0.2, -0.15) is 4.31 Å². The molecule has 2 aliphatic heterocycles. The molecule has 0 saturated carbocycles. The van der Waals surface area contributed by atoms with Crippen molar-refractivity contribution in [3.63, 3.8) is 0 Å². The molecule has 5 nitrogen and oxygen atoms in total. The van der Waals surface area contributed by atoms with E-state index in [9.17, 15) is 12.8 Å². The molecule has 2 aliphatic rings. The number of sulfonamides is 1. The van der Waals surface area contributed by atoms with Gasteiger partial charge in [0, 0.05) is 31.8 Å². The van der Waals surface area contributed by atoms with Crippen LogP contribution in [0, 0.1) is 11.7 Å². The molecule has 0 bridgehead atoms. The molecule has 0 N–H and O–H groups in total. The van der Waals surface area contributed by atoms with E-state index in [0.29, 0.717) is 25.6 Å². The molecule has 0 radical (unpaired) electrons. The lowest BCUT2D eigenvalue weighted by atomic mass is 9.77. The summed E-state index contributed by atoms with van der Waals surface area (Å²) in [6, 6.07) is 5.22. The maximum Gasteiger partial charge on any atom is 0.243 e. The molecule has 1 aromatic carbocycles. The largest absolute Gasteiger partial charge is 0.381 e. The normalized spacial score (nSPS) is 24.9. The number of hydrogen-bond acceptors (Lipinski definition) is 4. The molecule has 24 heavy (non-hydrogen) atoms. The lowest BCUT2D eigenvalue weighted by Gasteiger charge is -2.57. The quantitative estimate of drug-likeness (QED) is 0.809. The Morgan fingerprint density at radius 3 is 2.79 bits per heavy atom. The van der Waals surface area contributed by atoms with Crippen molar-refractivity contribution >= 4 is 10.0 Å². The van der Waals surface area contributed by atoms with Crippen molar-refractivity contribution in [3.8, 4) is 0 Å². The molecule has 0 aliphatic carbocycles. The minimum absolute atomic E-state index is 0.0293. The van der Waals surface area contributed by atoms with Crippen molar-refractivity contribution in [1.82, 2.24) is 9.21 Å². The summed E-state index contributed by atoms with van der Waals surface area (Å²) in [4.78, 5) is 2.30. The molecular formula is C17H25FN2O3S. The number of nitrogens with zero attached hydrogens (tertiary/aromatic N) is 2. The van der Waals surface area contributed by atoms with Gasteiger partial charge >= 0.3 is 0 Å². The van der Waals surface area contributed by atoms with Gasteiger partial charge in [0.1, 0.15) is 5.82 Å². The molecule has 2 heterocycles. The Balaban J connectivity index is 1.70. The van der Waals surface area contributed by atoms with Gasteiger partial charge in [-0.1, -0.05) is 6.07 Å². The molecule has 3 rings (SSSR count). The molecule has 134 valence electrons. The first-order chi connectivity index (χ1) is 11.4. The first kappa shape index (κ1) is 17.8. The predicted octanol–water partition coefficient (Wildman–Crippen LogP) is 1.95. The van der Waals surface area contributed by atoms with E-state index < -0.39 is 15.8 Å². The molecule has 1 aromatic rings. The fourth-order valence-electron chi connectivity index (χ4n) is 3.76. The summed E-state index contributed by atoms with van der Waals surface area (Å²) in [7, 11) is -1.56. The summed E-state index contributed by atoms with van der Waals surface area (Å²) in [5.41, 5.74) is -0.111. The van der Waals surface area contributed by atoms with E-state index in [4.69, 9.17) is 4.74 Å². The Hall–Kier alpha value is -1.02. The number of piperidine rings is 1. The summed E-state index contributed by atoms with van der Waals surface area (Å²) < 4.78 is 45.7. The van der Waals surface area contributed by atoms with Crippen LogP contribution in [0.15, 0.2) is 29.2 Å². The van der Waals surface area contributed by atoms with Crippen molar-refractivity contribution in [3.05, 3.63) is 30.1 Å². The number of rotatable bonds is 5. The van der Waals surface area contributed by atoms with E-state index in [2.05, 4.69) is 11.9 Å². The number of hydrogen-bond donors (Lipinski definition) is 0. The monoisotopic (exact) mass is 356 g/mol. The number of ether oxygens (including phenoxy) is 1. The average molecular weight is 356 g/mol. The highest BCUT2D eigenvalue weighted by molar-refractivity contribution is 7.89. The van der Waals surface area contributed by atoms with E-state index in [1.54, 1.807) is 0 Å². The topological polar surface area (TPSA) is 49.9 Å². The van der Waals surface area contributed by atoms with Crippen LogP contribution in [0.1, 0.15) is 19.8 Å². The Morgan fingerprint density at radius 2 is 2.12 bits per heavy atom. The Kier molecular flexibility index (Phi) is 4.97. The molecule has 0 aromatic heterocycles. The maximum absolute atomic E-state index is 13.4. The van der Waals surface area contributed by atoms with Crippen molar-refractivity contribution < 1.29 is 17.5 Å². The molecule has 7 heteroatoms. The van der Waals surface area contributed by atoms with E-state index in [0.717, 1.165) is 32.1 Å². The van der Waals surface area contributed by atoms with E-state index in [-0.39, 0.29) is 10.4 Å². The lowest BCUT2D eigenvalue weighted by Crippen LogP contribution is -2.72. The Labute approximate surface area is 143 Å². The van der Waals surface area contributed by atoms with Gasteiger partial charge in [0.25, 0.3) is 0 Å². The number of halogens is 1. The van der Waals surface area contributed by atoms with Gasteiger partial charge in [-0.3, -0.25) is 4.90 Å². The Morgan fingerprint density at radius 1 is 1.38 bits per heavy atom. The van der Waals surface area contributed by atoms with E-state index >= 15 is 0 Å². The molecule has 1 atom stereocenters. The van der Waals surface area contributed by atoms with Crippen LogP contribution in [0.25, 0.3) is 0 Å². The number of likely N-dealkylation sites (tertiary alicyclic amines) is 1. The summed E-state index contributed by atoms with van der Waals surface area (Å²) >= 11 is 0. The van der Waals surface area contributed by atoms with Crippen molar-refractivity contribution in [1.29, 1.82) is 0 Å². The fraction of sp³-hybridized carbons (Fsp3) is 0.647. The van der Waals surface area contributed by atoms with Gasteiger partial charge in [-0.25, -0.2) is 12.8 Å². The van der Waals surface area contributed by atoms with Crippen molar-refractivity contribution in [2.75, 3.05) is 39.9 Å². The zero-order valence-corrected chi connectivity index (χ0v) is 15.1. The predicted molar refractivity (Wildman–Crippen MR) is 89.7 cm³/mol. The van der Waals surface area contributed by atoms with Gasteiger partial charge < -0.3 is 4.74 Å². The first-order valence-electron chi connectivity index (χ1n) is 8.42. The van der Waals surface area contributed by atoms with Crippen LogP contribution in [0.5, 0.6) is 0 Å². The van der Waals surface area contributed by atoms with Crippen LogP contribution in [0.3, 0.4) is 0 Å². The van der Waals surface area contributed by atoms with Crippen LogP contribution < -0.4 is 0 Å². The summed E-state index contributed by atoms with van der Waals surface area (Å²) in [5.74, 6) is -0.0574. The third kappa shape index (κ3) is 3.22. The number of likely N-dealkylation sites (N-methyl/N-ethyl adjacent to an activating group) is 1. The van der Waals surface area contributed by atoms with Crippen LogP contribution in [-0.4, -0.2) is 63.1 Å². The van der Waals surface area contributed by atoms with Gasteiger partial charge in [0.05, 0.1) is 4.90 Å². The van der Waals surface area contributed by atoms with Crippen LogP contribution in [0.2, 0.25) is 0 Å². The molecule has 0 unspecified atom stereocenters. The second kappa shape index (κ2) is 6.71. The standard InChI is InChI=1S/C17H25FN2O3S/c1-3-23-11-14-7-8-19(2)17(10-14)12-20(13-17)24(21,22)16-6-4-5-15(18)9-16/h4-6,9,14H,3,7-8,10-13H2,1-2H3/t14-/m0/s1. The second-order valence-corrected chi connectivity index (χ2v) is 8.83. The fourth-order valence-corrected chi connectivity index (χ4v) is 5.39. The van der Waals surface area contributed by atoms with E-state index in [1.807, 2.05) is 6.92 Å². The van der Waals surface area contributed by atoms with Gasteiger partial charge in [0.15, 0.2) is 0 Å². The highest BCUT2D eigenvalue weighted by Crippen LogP contribution is 2.40. The third-order valence-electron chi connectivity index (χ3n) is 5.28. The number of benzene rings is 1. The van der Waals surface area contributed by atoms with Gasteiger partial charge in [-0.15, -0.1) is 0 Å². The minimum atomic E-state index is -3.62. The van der Waals surface area contributed by atoms with E-state index in [1.165, 1.54) is 22.5 Å². The molecule has 2 saturated heterocycles. The van der Waals surface area contributed by atoms with Gasteiger partial charge in [0.2, 0.25) is 10.0 Å². The maximum atomic E-state index is 13.4. The first-order valence-corrected chi connectivity index (χ1v) is 9.86. The summed E-state index contributed by atoms with van der Waals surface area (Å²) in [5, 5.41) is 0. The lowest BCUT2D eigenvalue weighted by molar-refractivity contribution is -0.0576. The highest BCUT2D eigenvalue weighted by atomic mass is 32.2. The zero-order chi connectivity index (χ0) is 17.4. The van der Waals surface area contributed by atoms with Crippen molar-refractivity contribution in [2.45, 2.75) is 30.2 Å². The summed E-state index contributed by atoms with van der Waals surface area (Å²) in [6.45, 7) is 5.31. The molecule has 2 fully saturated rings.